The molecule has 2 N–H and O–H groups in total. The van der Waals surface area contributed by atoms with Crippen molar-refractivity contribution in [3.63, 3.8) is 0 Å². The van der Waals surface area contributed by atoms with Gasteiger partial charge in [0.15, 0.2) is 0 Å². The minimum Gasteiger partial charge on any atom is -0.480 e. The molecule has 1 fully saturated rings. The van der Waals surface area contributed by atoms with Gasteiger partial charge in [0.05, 0.1) is 0 Å². The highest BCUT2D eigenvalue weighted by Gasteiger charge is 2.49. The van der Waals surface area contributed by atoms with Gasteiger partial charge < -0.3 is 14.9 Å². The van der Waals surface area contributed by atoms with Gasteiger partial charge in [0.1, 0.15) is 17.2 Å². The summed E-state index contributed by atoms with van der Waals surface area (Å²) in [5.41, 5.74) is -3.21. The molecule has 2 unspecified atom stereocenters. The van der Waals surface area contributed by atoms with E-state index in [1.165, 1.54) is 0 Å². The first-order valence-electron chi connectivity index (χ1n) is 6.19. The Hall–Kier alpha value is -1.44. The highest BCUT2D eigenvalue weighted by Crippen LogP contribution is 2.33. The van der Waals surface area contributed by atoms with Crippen molar-refractivity contribution in [1.29, 1.82) is 0 Å². The number of amides is 1. The third-order valence-corrected chi connectivity index (χ3v) is 3.03. The minimum atomic E-state index is -3.06. The zero-order chi connectivity index (χ0) is 15.7. The van der Waals surface area contributed by atoms with E-state index in [0.717, 1.165) is 4.90 Å². The molecule has 1 heterocycles. The van der Waals surface area contributed by atoms with Gasteiger partial charge in [-0.2, -0.15) is 0 Å². The molecule has 0 aromatic rings. The van der Waals surface area contributed by atoms with Crippen LogP contribution in [0.15, 0.2) is 0 Å². The van der Waals surface area contributed by atoms with Gasteiger partial charge in [0, 0.05) is 13.0 Å². The Bertz CT molecular complexity index is 396. The molecular formula is C12H19F2NO5. The zero-order valence-electron chi connectivity index (χ0n) is 11.6. The summed E-state index contributed by atoms with van der Waals surface area (Å²) >= 11 is 0. The number of rotatable bonds is 2. The summed E-state index contributed by atoms with van der Waals surface area (Å²) in [4.78, 5) is 23.9. The Balaban J connectivity index is 2.89. The molecule has 1 amide bonds. The molecule has 0 spiro atoms. The van der Waals surface area contributed by atoms with Crippen molar-refractivity contribution in [2.75, 3.05) is 6.54 Å². The van der Waals surface area contributed by atoms with E-state index in [2.05, 4.69) is 0 Å². The van der Waals surface area contributed by atoms with Crippen LogP contribution in [0.1, 0.15) is 33.6 Å². The number of aliphatic carboxylic acids is 1. The van der Waals surface area contributed by atoms with Gasteiger partial charge in [-0.05, 0) is 27.2 Å². The van der Waals surface area contributed by atoms with E-state index in [-0.39, 0.29) is 6.54 Å². The molecule has 0 bridgehead atoms. The highest BCUT2D eigenvalue weighted by atomic mass is 19.3. The van der Waals surface area contributed by atoms with Crippen LogP contribution in [0.3, 0.4) is 0 Å². The van der Waals surface area contributed by atoms with E-state index in [1.54, 1.807) is 20.8 Å². The Morgan fingerprint density at radius 3 is 2.35 bits per heavy atom. The van der Waals surface area contributed by atoms with Crippen LogP contribution in [0.5, 0.6) is 0 Å². The summed E-state index contributed by atoms with van der Waals surface area (Å²) in [7, 11) is 0. The Labute approximate surface area is 115 Å². The maximum Gasteiger partial charge on any atom is 0.411 e. The number of hydrogen-bond donors (Lipinski definition) is 2. The number of hydrogen-bond acceptors (Lipinski definition) is 4. The van der Waals surface area contributed by atoms with Crippen molar-refractivity contribution in [3.05, 3.63) is 0 Å². The van der Waals surface area contributed by atoms with Gasteiger partial charge in [-0.15, -0.1) is 0 Å². The molecule has 1 saturated heterocycles. The second kappa shape index (κ2) is 5.51. The third-order valence-electron chi connectivity index (χ3n) is 3.03. The third kappa shape index (κ3) is 3.78. The van der Waals surface area contributed by atoms with Gasteiger partial charge >= 0.3 is 12.1 Å². The number of carboxylic acids is 1. The zero-order valence-corrected chi connectivity index (χ0v) is 11.6. The van der Waals surface area contributed by atoms with E-state index >= 15 is 0 Å². The maximum absolute atomic E-state index is 12.8. The summed E-state index contributed by atoms with van der Waals surface area (Å²) in [6.45, 7) is 4.53. The topological polar surface area (TPSA) is 87.1 Å². The molecule has 0 aliphatic carbocycles. The van der Waals surface area contributed by atoms with Crippen LogP contribution < -0.4 is 0 Å². The lowest BCUT2D eigenvalue weighted by atomic mass is 9.87. The van der Waals surface area contributed by atoms with Crippen LogP contribution >= 0.6 is 0 Å². The number of nitrogens with zero attached hydrogens (tertiary/aromatic N) is 1. The fraction of sp³-hybridized carbons (Fsp3) is 0.833. The molecule has 0 aromatic carbocycles. The molecular weight excluding hydrogens is 276 g/mol. The van der Waals surface area contributed by atoms with Crippen LogP contribution in [-0.2, 0) is 9.53 Å². The highest BCUT2D eigenvalue weighted by molar-refractivity contribution is 5.80. The van der Waals surface area contributed by atoms with E-state index in [4.69, 9.17) is 9.84 Å². The second-order valence-electron chi connectivity index (χ2n) is 5.89. The summed E-state index contributed by atoms with van der Waals surface area (Å²) in [6.07, 6.45) is -5.07. The summed E-state index contributed by atoms with van der Waals surface area (Å²) in [5.74, 6) is -1.45. The molecule has 1 aliphatic heterocycles. The van der Waals surface area contributed by atoms with Crippen LogP contribution in [-0.4, -0.2) is 57.4 Å². The number of likely N-dealkylation sites (tertiary alicyclic amines) is 1. The molecule has 0 aromatic heterocycles. The molecule has 1 aliphatic rings. The van der Waals surface area contributed by atoms with Crippen LogP contribution in [0.4, 0.5) is 13.6 Å². The molecule has 6 nitrogen and oxygen atoms in total. The molecule has 8 heteroatoms. The summed E-state index contributed by atoms with van der Waals surface area (Å²) < 4.78 is 30.6. The Kier molecular flexibility index (Phi) is 4.58. The normalized spacial score (nSPS) is 27.6. The first-order valence-corrected chi connectivity index (χ1v) is 6.19. The van der Waals surface area contributed by atoms with Crippen LogP contribution in [0.25, 0.3) is 0 Å². The molecule has 116 valence electrons. The Morgan fingerprint density at radius 2 is 1.95 bits per heavy atom. The first-order chi connectivity index (χ1) is 8.96. The summed E-state index contributed by atoms with van der Waals surface area (Å²) in [5, 5.41) is 18.8. The molecule has 1 rings (SSSR count). The van der Waals surface area contributed by atoms with E-state index in [1.807, 2.05) is 0 Å². The number of ether oxygens (including phenoxy) is 1. The van der Waals surface area contributed by atoms with Crippen molar-refractivity contribution >= 4 is 12.1 Å². The van der Waals surface area contributed by atoms with Crippen molar-refractivity contribution in [2.45, 2.75) is 57.3 Å². The number of carboxylic acid groups (broad SMARTS) is 1. The SMILES string of the molecule is CC(C)(C)OC(=O)N1CCC(O)(C(F)F)CC1C(=O)O. The smallest absolute Gasteiger partial charge is 0.411 e. The van der Waals surface area contributed by atoms with Gasteiger partial charge in [-0.1, -0.05) is 0 Å². The number of alkyl halides is 2. The van der Waals surface area contributed by atoms with E-state index in [0.29, 0.717) is 0 Å². The van der Waals surface area contributed by atoms with Crippen molar-refractivity contribution in [1.82, 2.24) is 4.90 Å². The van der Waals surface area contributed by atoms with Gasteiger partial charge in [-0.3, -0.25) is 4.90 Å². The lowest BCUT2D eigenvalue weighted by Gasteiger charge is -2.41. The fourth-order valence-corrected chi connectivity index (χ4v) is 1.97. The van der Waals surface area contributed by atoms with Gasteiger partial charge in [0.2, 0.25) is 0 Å². The van der Waals surface area contributed by atoms with Crippen molar-refractivity contribution in [2.24, 2.45) is 0 Å². The minimum absolute atomic E-state index is 0.299. The first kappa shape index (κ1) is 16.6. The molecule has 0 saturated carbocycles. The van der Waals surface area contributed by atoms with Crippen molar-refractivity contribution in [3.8, 4) is 0 Å². The number of carbonyl (C=O) groups excluding carboxylic acids is 1. The van der Waals surface area contributed by atoms with E-state index < -0.39 is 48.6 Å². The fourth-order valence-electron chi connectivity index (χ4n) is 1.97. The van der Waals surface area contributed by atoms with Gasteiger partial charge in [-0.25, -0.2) is 18.4 Å². The molecule has 2 atom stereocenters. The number of piperidine rings is 1. The molecule has 20 heavy (non-hydrogen) atoms. The average molecular weight is 295 g/mol. The predicted octanol–water partition coefficient (Wildman–Crippen LogP) is 1.47. The van der Waals surface area contributed by atoms with Gasteiger partial charge in [0.25, 0.3) is 6.43 Å². The molecule has 0 radical (unpaired) electrons. The maximum atomic E-state index is 12.8. The van der Waals surface area contributed by atoms with Crippen molar-refractivity contribution < 1.29 is 33.3 Å². The largest absolute Gasteiger partial charge is 0.480 e. The lowest BCUT2D eigenvalue weighted by Crippen LogP contribution is -2.58. The number of carbonyl (C=O) groups is 2. The standard InChI is InChI=1S/C12H19F2NO5/c1-11(2,3)20-10(18)15-5-4-12(19,9(13)14)6-7(15)8(16)17/h7,9,19H,4-6H2,1-3H3,(H,16,17). The van der Waals surface area contributed by atoms with Crippen LogP contribution in [0.2, 0.25) is 0 Å². The predicted molar refractivity (Wildman–Crippen MR) is 64.6 cm³/mol. The van der Waals surface area contributed by atoms with Crippen LogP contribution in [0, 0.1) is 0 Å². The monoisotopic (exact) mass is 295 g/mol. The average Bonchev–Trinajstić information content (AvgIpc) is 2.26. The summed E-state index contributed by atoms with van der Waals surface area (Å²) in [6, 6.07) is -1.53. The second-order valence-corrected chi connectivity index (χ2v) is 5.89. The lowest BCUT2D eigenvalue weighted by molar-refractivity contribution is -0.163. The van der Waals surface area contributed by atoms with E-state index in [9.17, 15) is 23.5 Å². The quantitative estimate of drug-likeness (QED) is 0.805. The number of aliphatic hydroxyl groups is 1. The number of halogens is 2. The Morgan fingerprint density at radius 1 is 1.40 bits per heavy atom.